The van der Waals surface area contributed by atoms with Gasteiger partial charge in [-0.1, -0.05) is 55.5 Å². The molecule has 0 saturated carbocycles. The first-order chi connectivity index (χ1) is 9.11. The molecule has 0 N–H and O–H groups in total. The molecule has 0 aromatic heterocycles. The van der Waals surface area contributed by atoms with Gasteiger partial charge in [-0.2, -0.15) is 0 Å². The zero-order valence-electron chi connectivity index (χ0n) is 12.1. The second-order valence-electron chi connectivity index (χ2n) is 5.18. The molecule has 0 bridgehead atoms. The lowest BCUT2D eigenvalue weighted by Gasteiger charge is -2.12. The van der Waals surface area contributed by atoms with E-state index in [4.69, 9.17) is 0 Å². The van der Waals surface area contributed by atoms with Crippen molar-refractivity contribution in [1.29, 1.82) is 0 Å². The van der Waals surface area contributed by atoms with Gasteiger partial charge in [-0.15, -0.1) is 0 Å². The predicted octanol–water partition coefficient (Wildman–Crippen LogP) is 5.92. The quantitative estimate of drug-likeness (QED) is 0.473. The lowest BCUT2D eigenvalue weighted by atomic mass is 10.0. The fourth-order valence-corrected chi connectivity index (χ4v) is 3.65. The van der Waals surface area contributed by atoms with E-state index in [0.29, 0.717) is 0 Å². The van der Waals surface area contributed by atoms with Crippen LogP contribution in [0.5, 0.6) is 0 Å². The SMILES string of the molecule is C=C(C)/C=C(/CCC)Sc1ccc2c(c1C)C=CC2. The maximum Gasteiger partial charge on any atom is 0.0154 e. The Morgan fingerprint density at radius 3 is 2.89 bits per heavy atom. The summed E-state index contributed by atoms with van der Waals surface area (Å²) in [6.45, 7) is 10.5. The molecule has 1 heteroatoms. The number of thioether (sulfide) groups is 1. The summed E-state index contributed by atoms with van der Waals surface area (Å²) in [7, 11) is 0. The van der Waals surface area contributed by atoms with Crippen LogP contribution < -0.4 is 0 Å². The standard InChI is InChI=1S/C18H22S/c1-5-7-16(12-13(2)3)19-18-11-10-15-8-6-9-17(15)14(18)4/h6,9-12H,2,5,7-8H2,1,3-4H3/b16-12-. The van der Waals surface area contributed by atoms with Crippen LogP contribution in [0.2, 0.25) is 0 Å². The Balaban J connectivity index is 2.27. The van der Waals surface area contributed by atoms with E-state index < -0.39 is 0 Å². The molecule has 0 unspecified atom stereocenters. The summed E-state index contributed by atoms with van der Waals surface area (Å²) in [5.41, 5.74) is 5.44. The molecule has 0 atom stereocenters. The van der Waals surface area contributed by atoms with E-state index in [1.165, 1.54) is 32.9 Å². The van der Waals surface area contributed by atoms with Crippen LogP contribution in [-0.4, -0.2) is 0 Å². The zero-order chi connectivity index (χ0) is 13.8. The van der Waals surface area contributed by atoms with Crippen molar-refractivity contribution in [3.05, 3.63) is 58.0 Å². The third kappa shape index (κ3) is 3.42. The molecule has 2 rings (SSSR count). The van der Waals surface area contributed by atoms with E-state index in [1.54, 1.807) is 0 Å². The van der Waals surface area contributed by atoms with Gasteiger partial charge < -0.3 is 0 Å². The predicted molar refractivity (Wildman–Crippen MR) is 87.6 cm³/mol. The van der Waals surface area contributed by atoms with Crippen LogP contribution in [0, 0.1) is 6.92 Å². The number of allylic oxidation sites excluding steroid dienone is 4. The summed E-state index contributed by atoms with van der Waals surface area (Å²) in [5.74, 6) is 0. The average molecular weight is 270 g/mol. The summed E-state index contributed by atoms with van der Waals surface area (Å²) in [5, 5.41) is 0. The molecular weight excluding hydrogens is 248 g/mol. The van der Waals surface area contributed by atoms with Crippen LogP contribution >= 0.6 is 11.8 Å². The highest BCUT2D eigenvalue weighted by atomic mass is 32.2. The lowest BCUT2D eigenvalue weighted by molar-refractivity contribution is 0.945. The molecule has 0 nitrogen and oxygen atoms in total. The fraction of sp³-hybridized carbons (Fsp3) is 0.333. The van der Waals surface area contributed by atoms with Gasteiger partial charge in [-0.3, -0.25) is 0 Å². The highest BCUT2D eigenvalue weighted by Crippen LogP contribution is 2.36. The second-order valence-corrected chi connectivity index (χ2v) is 6.35. The van der Waals surface area contributed by atoms with Crippen molar-refractivity contribution < 1.29 is 0 Å². The monoisotopic (exact) mass is 270 g/mol. The molecule has 19 heavy (non-hydrogen) atoms. The molecule has 0 amide bonds. The van der Waals surface area contributed by atoms with Crippen molar-refractivity contribution in [2.75, 3.05) is 0 Å². The largest absolute Gasteiger partial charge is 0.0961 e. The normalized spacial score (nSPS) is 13.7. The molecule has 1 aromatic carbocycles. The highest BCUT2D eigenvalue weighted by molar-refractivity contribution is 8.03. The van der Waals surface area contributed by atoms with Crippen LogP contribution in [0.1, 0.15) is 43.4 Å². The molecule has 0 aliphatic heterocycles. The van der Waals surface area contributed by atoms with Crippen molar-refractivity contribution in [1.82, 2.24) is 0 Å². The first kappa shape index (κ1) is 14.2. The summed E-state index contributed by atoms with van der Waals surface area (Å²) >= 11 is 1.90. The van der Waals surface area contributed by atoms with Crippen LogP contribution in [0.4, 0.5) is 0 Å². The molecule has 0 heterocycles. The number of hydrogen-bond donors (Lipinski definition) is 0. The second kappa shape index (κ2) is 6.29. The summed E-state index contributed by atoms with van der Waals surface area (Å²) in [6, 6.07) is 4.54. The van der Waals surface area contributed by atoms with Crippen LogP contribution in [0.25, 0.3) is 6.08 Å². The lowest BCUT2D eigenvalue weighted by Crippen LogP contribution is -1.90. The molecule has 100 valence electrons. The van der Waals surface area contributed by atoms with Gasteiger partial charge in [0.2, 0.25) is 0 Å². The maximum atomic E-state index is 4.00. The van der Waals surface area contributed by atoms with Crippen LogP contribution in [-0.2, 0) is 6.42 Å². The first-order valence-electron chi connectivity index (χ1n) is 6.94. The number of rotatable bonds is 5. The Labute approximate surface area is 121 Å². The van der Waals surface area contributed by atoms with E-state index >= 15 is 0 Å². The summed E-state index contributed by atoms with van der Waals surface area (Å²) in [4.78, 5) is 2.80. The van der Waals surface area contributed by atoms with E-state index in [0.717, 1.165) is 18.4 Å². The van der Waals surface area contributed by atoms with Gasteiger partial charge >= 0.3 is 0 Å². The highest BCUT2D eigenvalue weighted by Gasteiger charge is 2.12. The Bertz CT molecular complexity index is 547. The third-order valence-electron chi connectivity index (χ3n) is 3.32. The van der Waals surface area contributed by atoms with Crippen molar-refractivity contribution in [2.24, 2.45) is 0 Å². The van der Waals surface area contributed by atoms with Gasteiger partial charge in [0.1, 0.15) is 0 Å². The number of fused-ring (bicyclic) bond motifs is 1. The topological polar surface area (TPSA) is 0 Å². The number of hydrogen-bond acceptors (Lipinski definition) is 1. The molecular formula is C18H22S. The zero-order valence-corrected chi connectivity index (χ0v) is 12.9. The Hall–Kier alpha value is -1.21. The minimum Gasteiger partial charge on any atom is -0.0961 e. The van der Waals surface area contributed by atoms with E-state index in [2.05, 4.69) is 57.7 Å². The van der Waals surface area contributed by atoms with E-state index in [-0.39, 0.29) is 0 Å². The van der Waals surface area contributed by atoms with Crippen molar-refractivity contribution in [2.45, 2.75) is 44.9 Å². The maximum absolute atomic E-state index is 4.00. The third-order valence-corrected chi connectivity index (χ3v) is 4.57. The molecule has 0 fully saturated rings. The van der Waals surface area contributed by atoms with Gasteiger partial charge in [0.15, 0.2) is 0 Å². The Morgan fingerprint density at radius 2 is 2.21 bits per heavy atom. The van der Waals surface area contributed by atoms with Gasteiger partial charge in [0.05, 0.1) is 0 Å². The molecule has 1 aromatic rings. The van der Waals surface area contributed by atoms with Gasteiger partial charge in [0.25, 0.3) is 0 Å². The molecule has 1 aliphatic rings. The minimum absolute atomic E-state index is 1.09. The number of benzene rings is 1. The fourth-order valence-electron chi connectivity index (χ4n) is 2.40. The Morgan fingerprint density at radius 1 is 1.42 bits per heavy atom. The molecule has 0 saturated heterocycles. The van der Waals surface area contributed by atoms with Gasteiger partial charge in [-0.05, 0) is 60.4 Å². The van der Waals surface area contributed by atoms with Crippen molar-refractivity contribution >= 4 is 17.8 Å². The van der Waals surface area contributed by atoms with Gasteiger partial charge in [0, 0.05) is 4.90 Å². The van der Waals surface area contributed by atoms with Crippen molar-refractivity contribution in [3.8, 4) is 0 Å². The van der Waals surface area contributed by atoms with Crippen molar-refractivity contribution in [3.63, 3.8) is 0 Å². The smallest absolute Gasteiger partial charge is 0.0154 e. The van der Waals surface area contributed by atoms with E-state index in [1.807, 2.05) is 11.8 Å². The summed E-state index contributed by atoms with van der Waals surface area (Å²) in [6.07, 6.45) is 10.1. The molecule has 1 aliphatic carbocycles. The first-order valence-corrected chi connectivity index (χ1v) is 7.76. The average Bonchev–Trinajstić information content (AvgIpc) is 2.81. The van der Waals surface area contributed by atoms with Crippen LogP contribution in [0.3, 0.4) is 0 Å². The minimum atomic E-state index is 1.09. The van der Waals surface area contributed by atoms with Gasteiger partial charge in [-0.25, -0.2) is 0 Å². The Kier molecular flexibility index (Phi) is 4.71. The summed E-state index contributed by atoms with van der Waals surface area (Å²) < 4.78 is 0. The molecule has 0 radical (unpaired) electrons. The van der Waals surface area contributed by atoms with Crippen LogP contribution in [0.15, 0.2) is 46.2 Å². The molecule has 0 spiro atoms. The van der Waals surface area contributed by atoms with E-state index in [9.17, 15) is 0 Å².